The van der Waals surface area contributed by atoms with E-state index in [9.17, 15) is 4.79 Å². The zero-order chi connectivity index (χ0) is 16.8. The number of aromatic nitrogens is 2. The molecule has 3 atom stereocenters. The smallest absolute Gasteiger partial charge is 0.270 e. The minimum absolute atomic E-state index is 0.00101. The van der Waals surface area contributed by atoms with Gasteiger partial charge in [0.25, 0.3) is 5.91 Å². The summed E-state index contributed by atoms with van der Waals surface area (Å²) in [5, 5.41) is 13.8. The van der Waals surface area contributed by atoms with Gasteiger partial charge in [-0.25, -0.2) is 0 Å². The molecule has 0 saturated carbocycles. The van der Waals surface area contributed by atoms with Crippen molar-refractivity contribution in [1.82, 2.24) is 25.7 Å². The van der Waals surface area contributed by atoms with Gasteiger partial charge in [-0.1, -0.05) is 33.1 Å². The molecule has 0 fully saturated rings. The molecule has 6 heteroatoms. The first-order valence-corrected chi connectivity index (χ1v) is 8.52. The fourth-order valence-corrected chi connectivity index (χ4v) is 2.76. The van der Waals surface area contributed by atoms with Crippen molar-refractivity contribution in [2.45, 2.75) is 58.7 Å². The average Bonchev–Trinajstić information content (AvgIpc) is 3.14. The summed E-state index contributed by atoms with van der Waals surface area (Å²) in [6, 6.07) is 1.74. The van der Waals surface area contributed by atoms with Crippen molar-refractivity contribution in [3.63, 3.8) is 0 Å². The van der Waals surface area contributed by atoms with E-state index in [2.05, 4.69) is 41.8 Å². The van der Waals surface area contributed by atoms with Gasteiger partial charge >= 0.3 is 0 Å². The van der Waals surface area contributed by atoms with Crippen molar-refractivity contribution >= 4 is 5.91 Å². The fourth-order valence-electron chi connectivity index (χ4n) is 2.76. The van der Waals surface area contributed by atoms with Crippen LogP contribution in [0.1, 0.15) is 56.9 Å². The highest BCUT2D eigenvalue weighted by molar-refractivity contribution is 5.92. The second-order valence-electron chi connectivity index (χ2n) is 6.44. The zero-order valence-corrected chi connectivity index (χ0v) is 14.6. The molecule has 0 aliphatic carbocycles. The molecule has 2 heterocycles. The minimum atomic E-state index is -0.0826. The highest BCUT2D eigenvalue weighted by atomic mass is 16.2. The molecule has 1 aliphatic heterocycles. The van der Waals surface area contributed by atoms with Crippen LogP contribution in [0.2, 0.25) is 0 Å². The molecule has 0 saturated heterocycles. The second kappa shape index (κ2) is 8.04. The van der Waals surface area contributed by atoms with E-state index in [1.165, 1.54) is 12.8 Å². The highest BCUT2D eigenvalue weighted by Crippen LogP contribution is 2.17. The van der Waals surface area contributed by atoms with Gasteiger partial charge in [0, 0.05) is 19.4 Å². The van der Waals surface area contributed by atoms with Gasteiger partial charge in [0.1, 0.15) is 5.69 Å². The van der Waals surface area contributed by atoms with Crippen molar-refractivity contribution in [1.29, 1.82) is 0 Å². The summed E-state index contributed by atoms with van der Waals surface area (Å²) in [5.41, 5.74) is 1.63. The van der Waals surface area contributed by atoms with Gasteiger partial charge < -0.3 is 16.0 Å². The maximum absolute atomic E-state index is 12.5. The Balaban J connectivity index is 1.98. The fraction of sp³-hybridized carbons (Fsp3) is 0.647. The lowest BCUT2D eigenvalue weighted by Crippen LogP contribution is -2.41. The third-order valence-electron chi connectivity index (χ3n) is 4.49. The molecule has 0 spiro atoms. The summed E-state index contributed by atoms with van der Waals surface area (Å²) in [6.45, 7) is 6.56. The van der Waals surface area contributed by atoms with Gasteiger partial charge in [0.2, 0.25) is 0 Å². The van der Waals surface area contributed by atoms with Crippen LogP contribution in [0.4, 0.5) is 0 Å². The Morgan fingerprint density at radius 2 is 2.26 bits per heavy atom. The van der Waals surface area contributed by atoms with E-state index in [1.54, 1.807) is 24.0 Å². The number of hydrogen-bond donors (Lipinski definition) is 3. The van der Waals surface area contributed by atoms with E-state index in [1.807, 2.05) is 6.20 Å². The topological polar surface area (TPSA) is 71.0 Å². The molecule has 1 aromatic heterocycles. The van der Waals surface area contributed by atoms with Gasteiger partial charge in [-0.05, 0) is 25.3 Å². The number of aryl methyl sites for hydroxylation is 1. The molecule has 2 rings (SSSR count). The Morgan fingerprint density at radius 1 is 1.48 bits per heavy atom. The third kappa shape index (κ3) is 4.74. The van der Waals surface area contributed by atoms with E-state index < -0.39 is 0 Å². The van der Waals surface area contributed by atoms with E-state index >= 15 is 0 Å². The Hall–Kier alpha value is -1.98. The van der Waals surface area contributed by atoms with Crippen LogP contribution in [-0.4, -0.2) is 27.9 Å². The van der Waals surface area contributed by atoms with E-state index in [0.717, 1.165) is 24.5 Å². The van der Waals surface area contributed by atoms with Crippen LogP contribution >= 0.6 is 0 Å². The lowest BCUT2D eigenvalue weighted by molar-refractivity contribution is 0.0929. The molecule has 0 bridgehead atoms. The lowest BCUT2D eigenvalue weighted by atomic mass is 9.98. The summed E-state index contributed by atoms with van der Waals surface area (Å²) in [7, 11) is 1.78. The maximum atomic E-state index is 12.5. The number of nitrogens with one attached hydrogen (secondary N) is 3. The molecular formula is C17H29N5O. The third-order valence-corrected chi connectivity index (χ3v) is 4.49. The normalized spacial score (nSPS) is 19.5. The SMILES string of the molecule is CCC(C)CCCC(NC(=O)c1ccnn1C)C1=CNC(C)N1. The zero-order valence-electron chi connectivity index (χ0n) is 14.6. The molecule has 1 amide bonds. The molecule has 6 nitrogen and oxygen atoms in total. The summed E-state index contributed by atoms with van der Waals surface area (Å²) in [4.78, 5) is 12.5. The lowest BCUT2D eigenvalue weighted by Gasteiger charge is -2.22. The summed E-state index contributed by atoms with van der Waals surface area (Å²) < 4.78 is 1.60. The Bertz CT molecular complexity index is 551. The average molecular weight is 319 g/mol. The number of carbonyl (C=O) groups excluding carboxylic acids is 1. The molecule has 1 aromatic rings. The molecule has 3 unspecified atom stereocenters. The summed E-state index contributed by atoms with van der Waals surface area (Å²) in [5.74, 6) is 0.645. The summed E-state index contributed by atoms with van der Waals surface area (Å²) in [6.07, 6.45) is 8.23. The molecule has 1 aliphatic rings. The second-order valence-corrected chi connectivity index (χ2v) is 6.44. The largest absolute Gasteiger partial charge is 0.370 e. The van der Waals surface area contributed by atoms with E-state index in [4.69, 9.17) is 0 Å². The van der Waals surface area contributed by atoms with Crippen molar-refractivity contribution in [2.24, 2.45) is 13.0 Å². The van der Waals surface area contributed by atoms with Gasteiger partial charge in [-0.3, -0.25) is 9.48 Å². The monoisotopic (exact) mass is 319 g/mol. The van der Waals surface area contributed by atoms with E-state index in [0.29, 0.717) is 5.69 Å². The standard InChI is InChI=1S/C17H29N5O/c1-5-12(2)7-6-8-14(15-11-18-13(3)20-15)21-17(23)16-9-10-19-22(16)4/h9-14,18,20H,5-8H2,1-4H3,(H,21,23). The van der Waals surface area contributed by atoms with Crippen molar-refractivity contribution in [3.05, 3.63) is 29.9 Å². The van der Waals surface area contributed by atoms with Gasteiger partial charge in [-0.2, -0.15) is 5.10 Å². The van der Waals surface area contributed by atoms with Gasteiger partial charge in [-0.15, -0.1) is 0 Å². The van der Waals surface area contributed by atoms with Gasteiger partial charge in [0.05, 0.1) is 17.9 Å². The van der Waals surface area contributed by atoms with Crippen LogP contribution < -0.4 is 16.0 Å². The van der Waals surface area contributed by atoms with Crippen LogP contribution in [0.5, 0.6) is 0 Å². The quantitative estimate of drug-likeness (QED) is 0.686. The molecule has 0 aromatic carbocycles. The Kier molecular flexibility index (Phi) is 6.07. The molecule has 23 heavy (non-hydrogen) atoms. The number of hydrogen-bond acceptors (Lipinski definition) is 4. The first kappa shape index (κ1) is 17.4. The van der Waals surface area contributed by atoms with Crippen LogP contribution in [0.3, 0.4) is 0 Å². The van der Waals surface area contributed by atoms with Crippen LogP contribution in [0.15, 0.2) is 24.2 Å². The van der Waals surface area contributed by atoms with Crippen molar-refractivity contribution in [2.75, 3.05) is 0 Å². The van der Waals surface area contributed by atoms with Crippen LogP contribution in [0.25, 0.3) is 0 Å². The first-order valence-electron chi connectivity index (χ1n) is 8.52. The summed E-state index contributed by atoms with van der Waals surface area (Å²) >= 11 is 0. The molecular weight excluding hydrogens is 290 g/mol. The Morgan fingerprint density at radius 3 is 2.83 bits per heavy atom. The first-order chi connectivity index (χ1) is 11.0. The van der Waals surface area contributed by atoms with Gasteiger partial charge in [0.15, 0.2) is 0 Å². The number of nitrogens with zero attached hydrogens (tertiary/aromatic N) is 2. The van der Waals surface area contributed by atoms with Crippen LogP contribution in [0, 0.1) is 5.92 Å². The molecule has 128 valence electrons. The maximum Gasteiger partial charge on any atom is 0.270 e. The van der Waals surface area contributed by atoms with Crippen molar-refractivity contribution < 1.29 is 4.79 Å². The minimum Gasteiger partial charge on any atom is -0.370 e. The van der Waals surface area contributed by atoms with E-state index in [-0.39, 0.29) is 18.1 Å². The number of amides is 1. The molecule has 0 radical (unpaired) electrons. The molecule has 3 N–H and O–H groups in total. The number of carbonyl (C=O) groups is 1. The number of rotatable bonds is 8. The van der Waals surface area contributed by atoms with Crippen molar-refractivity contribution in [3.8, 4) is 0 Å². The highest BCUT2D eigenvalue weighted by Gasteiger charge is 2.23. The predicted molar refractivity (Wildman–Crippen MR) is 91.6 cm³/mol. The predicted octanol–water partition coefficient (Wildman–Crippen LogP) is 2.12. The van der Waals surface area contributed by atoms with Crippen LogP contribution in [-0.2, 0) is 7.05 Å². The Labute approximate surface area is 138 Å².